The smallest absolute Gasteiger partial charge is 0.340 e. The summed E-state index contributed by atoms with van der Waals surface area (Å²) in [7, 11) is 0. The Morgan fingerprint density at radius 2 is 2.25 bits per heavy atom. The zero-order valence-electron chi connectivity index (χ0n) is 8.67. The molecule has 0 radical (unpaired) electrons. The van der Waals surface area contributed by atoms with Crippen LogP contribution in [0.4, 0.5) is 14.5 Å². The lowest BCUT2D eigenvalue weighted by atomic mass is 10.1. The van der Waals surface area contributed by atoms with Gasteiger partial charge in [-0.3, -0.25) is 5.84 Å². The first-order valence-corrected chi connectivity index (χ1v) is 4.66. The largest absolute Gasteiger partial charge is 0.462 e. The van der Waals surface area contributed by atoms with Crippen LogP contribution in [0.15, 0.2) is 18.2 Å². The highest BCUT2D eigenvalue weighted by atomic mass is 19.3. The van der Waals surface area contributed by atoms with E-state index in [0.717, 1.165) is 6.07 Å². The number of hydrazine groups is 1. The molecule has 88 valence electrons. The van der Waals surface area contributed by atoms with Crippen LogP contribution in [0.1, 0.15) is 29.3 Å². The first kappa shape index (κ1) is 12.4. The van der Waals surface area contributed by atoms with Crippen LogP contribution >= 0.6 is 0 Å². The third-order valence-electron chi connectivity index (χ3n) is 1.95. The predicted octanol–water partition coefficient (Wildman–Crippen LogP) is 2.09. The van der Waals surface area contributed by atoms with Crippen molar-refractivity contribution in [1.82, 2.24) is 0 Å². The maximum Gasteiger partial charge on any atom is 0.340 e. The number of nitrogens with one attached hydrogen (secondary N) is 1. The normalized spacial score (nSPS) is 10.3. The fourth-order valence-electron chi connectivity index (χ4n) is 1.20. The van der Waals surface area contributed by atoms with Crippen molar-refractivity contribution in [3.8, 4) is 0 Å². The second kappa shape index (κ2) is 5.41. The number of anilines is 1. The molecule has 0 amide bonds. The summed E-state index contributed by atoms with van der Waals surface area (Å²) >= 11 is 0. The maximum absolute atomic E-state index is 12.4. The van der Waals surface area contributed by atoms with Crippen LogP contribution in [-0.2, 0) is 4.74 Å². The van der Waals surface area contributed by atoms with E-state index < -0.39 is 12.4 Å². The molecular formula is C10H12F2N2O2. The van der Waals surface area contributed by atoms with Crippen molar-refractivity contribution in [2.45, 2.75) is 13.3 Å². The summed E-state index contributed by atoms with van der Waals surface area (Å²) in [6, 6.07) is 3.58. The molecule has 1 aromatic rings. The fraction of sp³-hybridized carbons (Fsp3) is 0.300. The number of ether oxygens (including phenoxy) is 1. The van der Waals surface area contributed by atoms with Gasteiger partial charge in [-0.25, -0.2) is 13.6 Å². The van der Waals surface area contributed by atoms with E-state index in [-0.39, 0.29) is 23.4 Å². The monoisotopic (exact) mass is 230 g/mol. The summed E-state index contributed by atoms with van der Waals surface area (Å²) in [5, 5.41) is 0. The highest BCUT2D eigenvalue weighted by Gasteiger charge is 2.16. The highest BCUT2D eigenvalue weighted by Crippen LogP contribution is 2.24. The molecule has 4 nitrogen and oxygen atoms in total. The minimum Gasteiger partial charge on any atom is -0.462 e. The molecule has 0 aliphatic rings. The van der Waals surface area contributed by atoms with E-state index >= 15 is 0 Å². The van der Waals surface area contributed by atoms with Crippen molar-refractivity contribution in [3.63, 3.8) is 0 Å². The van der Waals surface area contributed by atoms with Gasteiger partial charge in [-0.15, -0.1) is 0 Å². The van der Waals surface area contributed by atoms with Gasteiger partial charge in [-0.2, -0.15) is 0 Å². The predicted molar refractivity (Wildman–Crippen MR) is 55.2 cm³/mol. The molecule has 0 saturated carbocycles. The van der Waals surface area contributed by atoms with Crippen LogP contribution in [0, 0.1) is 0 Å². The molecule has 0 saturated heterocycles. The minimum atomic E-state index is -2.64. The quantitative estimate of drug-likeness (QED) is 0.472. The van der Waals surface area contributed by atoms with Crippen LogP contribution in [0.3, 0.4) is 0 Å². The van der Waals surface area contributed by atoms with Crippen LogP contribution in [0.25, 0.3) is 0 Å². The van der Waals surface area contributed by atoms with Crippen molar-refractivity contribution in [2.24, 2.45) is 5.84 Å². The number of benzene rings is 1. The summed E-state index contributed by atoms with van der Waals surface area (Å²) < 4.78 is 29.6. The van der Waals surface area contributed by atoms with E-state index in [1.54, 1.807) is 6.92 Å². The number of hydrogen-bond acceptors (Lipinski definition) is 4. The number of hydrogen-bond donors (Lipinski definition) is 2. The van der Waals surface area contributed by atoms with Gasteiger partial charge < -0.3 is 10.2 Å². The molecular weight excluding hydrogens is 218 g/mol. The Morgan fingerprint density at radius 3 is 2.75 bits per heavy atom. The molecule has 3 N–H and O–H groups in total. The molecule has 0 aromatic heterocycles. The number of nitrogen functional groups attached to an aromatic ring is 1. The number of carbonyl (C=O) groups is 1. The van der Waals surface area contributed by atoms with Gasteiger partial charge in [-0.05, 0) is 19.1 Å². The van der Waals surface area contributed by atoms with Crippen LogP contribution in [0.2, 0.25) is 0 Å². The van der Waals surface area contributed by atoms with E-state index in [1.807, 2.05) is 0 Å². The lowest BCUT2D eigenvalue weighted by Crippen LogP contribution is -2.14. The third kappa shape index (κ3) is 2.66. The van der Waals surface area contributed by atoms with Crippen molar-refractivity contribution in [3.05, 3.63) is 29.3 Å². The van der Waals surface area contributed by atoms with Gasteiger partial charge in [0.2, 0.25) is 0 Å². The van der Waals surface area contributed by atoms with Gasteiger partial charge in [0.15, 0.2) is 0 Å². The Labute approximate surface area is 91.4 Å². The molecule has 0 spiro atoms. The zero-order chi connectivity index (χ0) is 12.1. The van der Waals surface area contributed by atoms with E-state index in [2.05, 4.69) is 5.43 Å². The molecule has 0 heterocycles. The molecule has 0 aliphatic carbocycles. The lowest BCUT2D eigenvalue weighted by Gasteiger charge is -2.09. The molecule has 0 unspecified atom stereocenters. The molecule has 0 atom stereocenters. The van der Waals surface area contributed by atoms with Crippen LogP contribution < -0.4 is 11.3 Å². The number of nitrogens with two attached hydrogens (primary N) is 1. The second-order valence-corrected chi connectivity index (χ2v) is 2.97. The van der Waals surface area contributed by atoms with Crippen molar-refractivity contribution < 1.29 is 18.3 Å². The standard InChI is InChI=1S/C10H12F2N2O2/c1-2-16-10(15)7-5-6(9(11)12)3-4-8(7)14-13/h3-5,9,14H,2,13H2,1H3. The minimum absolute atomic E-state index is 0.00199. The summed E-state index contributed by atoms with van der Waals surface area (Å²) in [6.45, 7) is 1.80. The van der Waals surface area contributed by atoms with E-state index in [9.17, 15) is 13.6 Å². The average Bonchev–Trinajstić information content (AvgIpc) is 2.28. The zero-order valence-corrected chi connectivity index (χ0v) is 8.67. The molecule has 1 aromatic carbocycles. The second-order valence-electron chi connectivity index (χ2n) is 2.97. The van der Waals surface area contributed by atoms with Gasteiger partial charge in [0.1, 0.15) is 0 Å². The Bertz CT molecular complexity index is 383. The Kier molecular flexibility index (Phi) is 4.19. The van der Waals surface area contributed by atoms with E-state index in [1.165, 1.54) is 12.1 Å². The molecule has 0 fully saturated rings. The van der Waals surface area contributed by atoms with Crippen LogP contribution in [-0.4, -0.2) is 12.6 Å². The molecule has 6 heteroatoms. The average molecular weight is 230 g/mol. The Morgan fingerprint density at radius 1 is 1.56 bits per heavy atom. The number of carbonyl (C=O) groups excluding carboxylic acids is 1. The third-order valence-corrected chi connectivity index (χ3v) is 1.95. The van der Waals surface area contributed by atoms with Crippen LogP contribution in [0.5, 0.6) is 0 Å². The topological polar surface area (TPSA) is 64.3 Å². The summed E-state index contributed by atoms with van der Waals surface area (Å²) in [5.41, 5.74) is 2.26. The number of rotatable bonds is 4. The van der Waals surface area contributed by atoms with Crippen molar-refractivity contribution in [1.29, 1.82) is 0 Å². The lowest BCUT2D eigenvalue weighted by molar-refractivity contribution is 0.0527. The van der Waals surface area contributed by atoms with Gasteiger partial charge in [0, 0.05) is 5.56 Å². The van der Waals surface area contributed by atoms with Crippen molar-refractivity contribution in [2.75, 3.05) is 12.0 Å². The van der Waals surface area contributed by atoms with Gasteiger partial charge in [0.25, 0.3) is 6.43 Å². The first-order valence-electron chi connectivity index (χ1n) is 4.66. The molecule has 0 bridgehead atoms. The fourth-order valence-corrected chi connectivity index (χ4v) is 1.20. The van der Waals surface area contributed by atoms with Gasteiger partial charge >= 0.3 is 5.97 Å². The van der Waals surface area contributed by atoms with E-state index in [0.29, 0.717) is 0 Å². The Balaban J connectivity index is 3.11. The summed E-state index contributed by atoms with van der Waals surface area (Å²) in [6.07, 6.45) is -2.64. The molecule has 16 heavy (non-hydrogen) atoms. The Hall–Kier alpha value is -1.69. The molecule has 1 rings (SSSR count). The summed E-state index contributed by atoms with van der Waals surface area (Å²) in [4.78, 5) is 11.4. The van der Waals surface area contributed by atoms with Crippen molar-refractivity contribution >= 4 is 11.7 Å². The molecule has 0 aliphatic heterocycles. The first-order chi connectivity index (χ1) is 7.60. The van der Waals surface area contributed by atoms with E-state index in [4.69, 9.17) is 10.6 Å². The SMILES string of the molecule is CCOC(=O)c1cc(C(F)F)ccc1NN. The number of esters is 1. The number of alkyl halides is 2. The highest BCUT2D eigenvalue weighted by molar-refractivity contribution is 5.95. The number of halogens is 2. The van der Waals surface area contributed by atoms with Gasteiger partial charge in [0.05, 0.1) is 17.9 Å². The summed E-state index contributed by atoms with van der Waals surface area (Å²) in [5.74, 6) is 4.48. The van der Waals surface area contributed by atoms with Gasteiger partial charge in [-0.1, -0.05) is 6.07 Å². The maximum atomic E-state index is 12.4.